The summed E-state index contributed by atoms with van der Waals surface area (Å²) in [7, 11) is -4.35. The van der Waals surface area contributed by atoms with Gasteiger partial charge in [0.05, 0.1) is 13.2 Å². The van der Waals surface area contributed by atoms with Gasteiger partial charge in [-0.1, -0.05) is 33.1 Å². The van der Waals surface area contributed by atoms with Crippen molar-refractivity contribution in [3.63, 3.8) is 0 Å². The number of nitrogens with one attached hydrogen (secondary N) is 1. The maximum absolute atomic E-state index is 11.6. The number of rotatable bonds is 16. The Labute approximate surface area is 155 Å². The molecule has 0 saturated carbocycles. The first-order valence-corrected chi connectivity index (χ1v) is 10.5. The molecule has 0 spiro atoms. The van der Waals surface area contributed by atoms with E-state index in [1.165, 1.54) is 0 Å². The van der Waals surface area contributed by atoms with Crippen molar-refractivity contribution in [1.29, 1.82) is 0 Å². The van der Waals surface area contributed by atoms with Crippen LogP contribution in [0.2, 0.25) is 0 Å². The van der Waals surface area contributed by atoms with Gasteiger partial charge in [-0.05, 0) is 12.8 Å². The molecule has 26 heavy (non-hydrogen) atoms. The molecule has 10 heteroatoms. The van der Waals surface area contributed by atoms with Gasteiger partial charge < -0.3 is 20.1 Å². The van der Waals surface area contributed by atoms with Gasteiger partial charge in [0.15, 0.2) is 0 Å². The van der Waals surface area contributed by atoms with Crippen LogP contribution in [-0.2, 0) is 27.9 Å². The third-order valence-electron chi connectivity index (χ3n) is 3.29. The van der Waals surface area contributed by atoms with Crippen LogP contribution in [0.4, 0.5) is 0 Å². The number of unbranched alkanes of at least 4 members (excludes halogenated alkanes) is 3. The molecule has 2 unspecified atom stereocenters. The van der Waals surface area contributed by atoms with Crippen molar-refractivity contribution in [2.75, 3.05) is 26.4 Å². The molecule has 0 saturated heterocycles. The number of carbonyl (C=O) groups is 2. The third-order valence-corrected chi connectivity index (χ3v) is 4.27. The lowest BCUT2D eigenvalue weighted by Gasteiger charge is -2.15. The summed E-state index contributed by atoms with van der Waals surface area (Å²) >= 11 is 0. The summed E-state index contributed by atoms with van der Waals surface area (Å²) < 4.78 is 25.8. The zero-order valence-corrected chi connectivity index (χ0v) is 16.5. The largest absolute Gasteiger partial charge is 0.472 e. The summed E-state index contributed by atoms with van der Waals surface area (Å²) in [6.45, 7) is 3.02. The van der Waals surface area contributed by atoms with Crippen molar-refractivity contribution in [2.24, 2.45) is 0 Å². The predicted octanol–water partition coefficient (Wildman–Crippen LogP) is 1.91. The lowest BCUT2D eigenvalue weighted by atomic mass is 10.2. The Bertz CT molecular complexity index is 446. The number of aliphatic hydroxyl groups excluding tert-OH is 1. The van der Waals surface area contributed by atoms with Gasteiger partial charge in [0.2, 0.25) is 5.91 Å². The fourth-order valence-electron chi connectivity index (χ4n) is 1.82. The molecular formula is C16H32NO8P. The van der Waals surface area contributed by atoms with Gasteiger partial charge in [-0.25, -0.2) is 4.57 Å². The molecule has 3 N–H and O–H groups in total. The van der Waals surface area contributed by atoms with Crippen LogP contribution >= 0.6 is 7.82 Å². The van der Waals surface area contributed by atoms with E-state index in [1.54, 1.807) is 0 Å². The second-order valence-electron chi connectivity index (χ2n) is 5.84. The van der Waals surface area contributed by atoms with E-state index in [0.717, 1.165) is 25.7 Å². The molecule has 2 atom stereocenters. The molecule has 0 aliphatic carbocycles. The van der Waals surface area contributed by atoms with Crippen LogP contribution in [0, 0.1) is 0 Å². The maximum atomic E-state index is 11.6. The number of hydrogen-bond donors (Lipinski definition) is 3. The Morgan fingerprint density at radius 1 is 1.04 bits per heavy atom. The molecule has 1 amide bonds. The van der Waals surface area contributed by atoms with Crippen LogP contribution < -0.4 is 5.32 Å². The van der Waals surface area contributed by atoms with Crippen molar-refractivity contribution in [1.82, 2.24) is 5.32 Å². The average molecular weight is 397 g/mol. The first kappa shape index (κ1) is 25.0. The predicted molar refractivity (Wildman–Crippen MR) is 95.4 cm³/mol. The van der Waals surface area contributed by atoms with Crippen LogP contribution in [0.3, 0.4) is 0 Å². The summed E-state index contributed by atoms with van der Waals surface area (Å²) in [5.41, 5.74) is 0. The Morgan fingerprint density at radius 3 is 2.38 bits per heavy atom. The second kappa shape index (κ2) is 15.1. The highest BCUT2D eigenvalue weighted by Gasteiger charge is 2.23. The van der Waals surface area contributed by atoms with Gasteiger partial charge in [0.1, 0.15) is 12.7 Å². The monoisotopic (exact) mass is 397 g/mol. The molecule has 0 radical (unpaired) electrons. The first-order chi connectivity index (χ1) is 12.3. The molecule has 0 fully saturated rings. The Kier molecular flexibility index (Phi) is 14.5. The molecule has 0 aromatic heterocycles. The lowest BCUT2D eigenvalue weighted by molar-refractivity contribution is -0.147. The fraction of sp³-hybridized carbons (Fsp3) is 0.875. The van der Waals surface area contributed by atoms with Gasteiger partial charge in [-0.3, -0.25) is 18.6 Å². The quantitative estimate of drug-likeness (QED) is 0.204. The van der Waals surface area contributed by atoms with Crippen LogP contribution in [0.15, 0.2) is 0 Å². The number of carbonyl (C=O) groups excluding carboxylic acids is 2. The van der Waals surface area contributed by atoms with E-state index in [-0.39, 0.29) is 32.1 Å². The second-order valence-corrected chi connectivity index (χ2v) is 7.30. The van der Waals surface area contributed by atoms with Gasteiger partial charge >= 0.3 is 13.8 Å². The summed E-state index contributed by atoms with van der Waals surface area (Å²) in [4.78, 5) is 32.2. The van der Waals surface area contributed by atoms with E-state index in [2.05, 4.69) is 14.4 Å². The van der Waals surface area contributed by atoms with Crippen molar-refractivity contribution in [2.45, 2.75) is 64.9 Å². The number of phosphoric acid groups is 1. The van der Waals surface area contributed by atoms with Crippen LogP contribution in [-0.4, -0.2) is 54.3 Å². The van der Waals surface area contributed by atoms with Crippen LogP contribution in [0.5, 0.6) is 0 Å². The summed E-state index contributed by atoms with van der Waals surface area (Å²) in [5, 5.41) is 12.2. The highest BCUT2D eigenvalue weighted by molar-refractivity contribution is 7.47. The van der Waals surface area contributed by atoms with Crippen molar-refractivity contribution in [3.8, 4) is 0 Å². The van der Waals surface area contributed by atoms with E-state index in [1.807, 2.05) is 13.8 Å². The van der Waals surface area contributed by atoms with Gasteiger partial charge in [-0.2, -0.15) is 0 Å². The molecule has 0 aliphatic rings. The molecule has 0 rings (SSSR count). The number of ether oxygens (including phenoxy) is 1. The number of phosphoric ester groups is 1. The lowest BCUT2D eigenvalue weighted by Crippen LogP contribution is -2.27. The Hall–Kier alpha value is -0.990. The Morgan fingerprint density at radius 2 is 1.73 bits per heavy atom. The van der Waals surface area contributed by atoms with Gasteiger partial charge in [0.25, 0.3) is 0 Å². The van der Waals surface area contributed by atoms with E-state index >= 15 is 0 Å². The number of aliphatic hydroxyl groups is 1. The molecule has 9 nitrogen and oxygen atoms in total. The topological polar surface area (TPSA) is 131 Å². The maximum Gasteiger partial charge on any atom is 0.472 e. The smallest absolute Gasteiger partial charge is 0.463 e. The number of esters is 1. The minimum absolute atomic E-state index is 0.0798. The zero-order chi connectivity index (χ0) is 19.8. The minimum Gasteiger partial charge on any atom is -0.463 e. The van der Waals surface area contributed by atoms with E-state index < -0.39 is 26.5 Å². The number of hydrogen-bond acceptors (Lipinski definition) is 7. The van der Waals surface area contributed by atoms with Crippen molar-refractivity contribution >= 4 is 19.7 Å². The SMILES string of the molecule is CCCCCC(=O)NCCOP(=O)(O)OCC(O)COC(=O)CCCC. The molecular weight excluding hydrogens is 365 g/mol. The molecule has 0 bridgehead atoms. The standard InChI is InChI=1S/C16H32NO8P/c1-3-5-7-8-15(19)17-10-11-24-26(21,22)25-13-14(18)12-23-16(20)9-6-4-2/h14,18H,3-13H2,1-2H3,(H,17,19)(H,21,22). The van der Waals surface area contributed by atoms with Crippen molar-refractivity contribution in [3.05, 3.63) is 0 Å². The van der Waals surface area contributed by atoms with E-state index in [0.29, 0.717) is 12.8 Å². The van der Waals surface area contributed by atoms with Gasteiger partial charge in [0, 0.05) is 19.4 Å². The summed E-state index contributed by atoms with van der Waals surface area (Å²) in [6, 6.07) is 0. The van der Waals surface area contributed by atoms with Crippen LogP contribution in [0.1, 0.15) is 58.8 Å². The molecule has 0 heterocycles. The van der Waals surface area contributed by atoms with Crippen molar-refractivity contribution < 1.29 is 37.9 Å². The highest BCUT2D eigenvalue weighted by Crippen LogP contribution is 2.42. The van der Waals surface area contributed by atoms with E-state index in [9.17, 15) is 24.2 Å². The van der Waals surface area contributed by atoms with Crippen LogP contribution in [0.25, 0.3) is 0 Å². The molecule has 0 aromatic carbocycles. The summed E-state index contributed by atoms with van der Waals surface area (Å²) in [5.74, 6) is -0.583. The molecule has 0 aliphatic heterocycles. The number of amides is 1. The first-order valence-electron chi connectivity index (χ1n) is 9.03. The highest BCUT2D eigenvalue weighted by atomic mass is 31.2. The van der Waals surface area contributed by atoms with E-state index in [4.69, 9.17) is 4.74 Å². The molecule has 154 valence electrons. The average Bonchev–Trinajstić information content (AvgIpc) is 2.60. The summed E-state index contributed by atoms with van der Waals surface area (Å²) in [6.07, 6.45) is 3.77. The van der Waals surface area contributed by atoms with Gasteiger partial charge in [-0.15, -0.1) is 0 Å². The zero-order valence-electron chi connectivity index (χ0n) is 15.6. The normalized spacial score (nSPS) is 14.5. The Balaban J connectivity index is 3.81. The third kappa shape index (κ3) is 15.3. The fourth-order valence-corrected chi connectivity index (χ4v) is 2.58. The minimum atomic E-state index is -4.35. The molecule has 0 aromatic rings.